The summed E-state index contributed by atoms with van der Waals surface area (Å²) in [4.78, 5) is 14.3. The predicted molar refractivity (Wildman–Crippen MR) is 86.0 cm³/mol. The average Bonchev–Trinajstić information content (AvgIpc) is 3.11. The third-order valence-corrected chi connectivity index (χ3v) is 4.49. The van der Waals surface area contributed by atoms with Gasteiger partial charge in [-0.2, -0.15) is 0 Å². The predicted octanol–water partition coefficient (Wildman–Crippen LogP) is 2.11. The number of fused-ring (bicyclic) bond motifs is 1. The first-order valence-corrected chi connectivity index (χ1v) is 8.25. The summed E-state index contributed by atoms with van der Waals surface area (Å²) in [6, 6.07) is 8.07. The van der Waals surface area contributed by atoms with Gasteiger partial charge >= 0.3 is 0 Å². The van der Waals surface area contributed by atoms with Gasteiger partial charge in [0.2, 0.25) is 11.1 Å². The molecule has 0 atom stereocenters. The van der Waals surface area contributed by atoms with Crippen LogP contribution in [0.4, 0.5) is 5.69 Å². The molecule has 0 saturated carbocycles. The zero-order valence-corrected chi connectivity index (χ0v) is 13.8. The number of hydrogen-bond donors (Lipinski definition) is 0. The van der Waals surface area contributed by atoms with Crippen LogP contribution >= 0.6 is 11.8 Å². The monoisotopic (exact) mass is 317 g/mol. The molecule has 2 heterocycles. The Morgan fingerprint density at radius 2 is 2.09 bits per heavy atom. The fourth-order valence-corrected chi connectivity index (χ4v) is 3.43. The summed E-state index contributed by atoms with van der Waals surface area (Å²) in [5.74, 6) is 0.434. The SMILES string of the molecule is CC(C)(C)n1nnnc1SCC(=O)N1CCc2ccccc21. The van der Waals surface area contributed by atoms with Crippen LogP contribution in [0.3, 0.4) is 0 Å². The van der Waals surface area contributed by atoms with Crippen molar-refractivity contribution in [2.45, 2.75) is 37.9 Å². The second kappa shape index (κ2) is 5.72. The van der Waals surface area contributed by atoms with Gasteiger partial charge in [-0.15, -0.1) is 5.10 Å². The van der Waals surface area contributed by atoms with E-state index < -0.39 is 0 Å². The van der Waals surface area contributed by atoms with E-state index in [9.17, 15) is 4.79 Å². The highest BCUT2D eigenvalue weighted by Crippen LogP contribution is 2.29. The number of hydrogen-bond acceptors (Lipinski definition) is 5. The first kappa shape index (κ1) is 15.0. The van der Waals surface area contributed by atoms with Gasteiger partial charge in [0.05, 0.1) is 11.3 Å². The molecule has 0 saturated heterocycles. The molecule has 1 aromatic heterocycles. The number of carbonyl (C=O) groups is 1. The van der Waals surface area contributed by atoms with Gasteiger partial charge in [-0.3, -0.25) is 4.79 Å². The molecule has 0 spiro atoms. The maximum absolute atomic E-state index is 12.5. The number of aromatic nitrogens is 4. The zero-order chi connectivity index (χ0) is 15.7. The summed E-state index contributed by atoms with van der Waals surface area (Å²) in [7, 11) is 0. The number of tetrazole rings is 1. The summed E-state index contributed by atoms with van der Waals surface area (Å²) in [6.45, 7) is 6.85. The molecule has 0 fully saturated rings. The van der Waals surface area contributed by atoms with Crippen LogP contribution in [0.15, 0.2) is 29.4 Å². The Balaban J connectivity index is 1.68. The molecule has 7 heteroatoms. The van der Waals surface area contributed by atoms with E-state index in [0.717, 1.165) is 18.7 Å². The minimum absolute atomic E-state index is 0.0957. The van der Waals surface area contributed by atoms with Gasteiger partial charge < -0.3 is 4.90 Å². The van der Waals surface area contributed by atoms with Crippen LogP contribution in [0, 0.1) is 0 Å². The number of benzene rings is 1. The van der Waals surface area contributed by atoms with Crippen LogP contribution < -0.4 is 4.90 Å². The minimum atomic E-state index is -0.199. The maximum atomic E-state index is 12.5. The summed E-state index contributed by atoms with van der Waals surface area (Å²) in [5, 5.41) is 12.4. The molecule has 0 radical (unpaired) electrons. The highest BCUT2D eigenvalue weighted by Gasteiger charge is 2.26. The van der Waals surface area contributed by atoms with Gasteiger partial charge in [-0.1, -0.05) is 30.0 Å². The van der Waals surface area contributed by atoms with E-state index in [1.807, 2.05) is 43.9 Å². The van der Waals surface area contributed by atoms with E-state index in [1.165, 1.54) is 17.3 Å². The van der Waals surface area contributed by atoms with Crippen molar-refractivity contribution in [1.82, 2.24) is 20.2 Å². The molecule has 0 N–H and O–H groups in total. The number of anilines is 1. The van der Waals surface area contributed by atoms with E-state index in [1.54, 1.807) is 4.68 Å². The lowest BCUT2D eigenvalue weighted by atomic mass is 10.1. The van der Waals surface area contributed by atoms with Crippen molar-refractivity contribution in [2.24, 2.45) is 0 Å². The second-order valence-electron chi connectivity index (χ2n) is 6.26. The standard InChI is InChI=1S/C15H19N5OS/c1-15(2,3)20-14(16-17-18-20)22-10-13(21)19-9-8-11-6-4-5-7-12(11)19/h4-7H,8-10H2,1-3H3. The van der Waals surface area contributed by atoms with Crippen molar-refractivity contribution >= 4 is 23.4 Å². The van der Waals surface area contributed by atoms with E-state index in [-0.39, 0.29) is 11.4 Å². The summed E-state index contributed by atoms with van der Waals surface area (Å²) < 4.78 is 1.75. The van der Waals surface area contributed by atoms with Crippen molar-refractivity contribution < 1.29 is 4.79 Å². The number of nitrogens with zero attached hydrogens (tertiary/aromatic N) is 5. The second-order valence-corrected chi connectivity index (χ2v) is 7.20. The van der Waals surface area contributed by atoms with Crippen LogP contribution in [0.25, 0.3) is 0 Å². The molecule has 22 heavy (non-hydrogen) atoms. The van der Waals surface area contributed by atoms with Crippen molar-refractivity contribution in [3.05, 3.63) is 29.8 Å². The van der Waals surface area contributed by atoms with Gasteiger partial charge in [0.1, 0.15) is 0 Å². The van der Waals surface area contributed by atoms with E-state index >= 15 is 0 Å². The number of rotatable bonds is 3. The fraction of sp³-hybridized carbons (Fsp3) is 0.467. The molecule has 116 valence electrons. The number of amides is 1. The number of carbonyl (C=O) groups excluding carboxylic acids is 1. The van der Waals surface area contributed by atoms with Crippen LogP contribution in [-0.4, -0.2) is 38.4 Å². The fourth-order valence-electron chi connectivity index (χ4n) is 2.49. The van der Waals surface area contributed by atoms with E-state index in [4.69, 9.17) is 0 Å². The Hall–Kier alpha value is -1.89. The Morgan fingerprint density at radius 3 is 2.86 bits per heavy atom. The highest BCUT2D eigenvalue weighted by molar-refractivity contribution is 7.99. The van der Waals surface area contributed by atoms with Crippen LogP contribution in [0.1, 0.15) is 26.3 Å². The molecule has 0 aliphatic carbocycles. The third kappa shape index (κ3) is 2.85. The van der Waals surface area contributed by atoms with E-state index in [0.29, 0.717) is 10.9 Å². The lowest BCUT2D eigenvalue weighted by Crippen LogP contribution is -2.31. The van der Waals surface area contributed by atoms with Crippen LogP contribution in [-0.2, 0) is 16.8 Å². The molecular formula is C15H19N5OS. The summed E-state index contributed by atoms with van der Waals surface area (Å²) in [6.07, 6.45) is 0.923. The number of thioether (sulfide) groups is 1. The molecule has 1 aliphatic heterocycles. The van der Waals surface area contributed by atoms with Crippen molar-refractivity contribution in [3.8, 4) is 0 Å². The lowest BCUT2D eigenvalue weighted by molar-refractivity contribution is -0.116. The minimum Gasteiger partial charge on any atom is -0.311 e. The van der Waals surface area contributed by atoms with Crippen molar-refractivity contribution in [3.63, 3.8) is 0 Å². The normalized spacial score (nSPS) is 14.2. The third-order valence-electron chi connectivity index (χ3n) is 3.59. The van der Waals surface area contributed by atoms with Gasteiger partial charge in [0.25, 0.3) is 0 Å². The topological polar surface area (TPSA) is 63.9 Å². The lowest BCUT2D eigenvalue weighted by Gasteiger charge is -2.20. The Kier molecular flexibility index (Phi) is 3.90. The smallest absolute Gasteiger partial charge is 0.237 e. The van der Waals surface area contributed by atoms with Gasteiger partial charge in [-0.25, -0.2) is 4.68 Å². The Morgan fingerprint density at radius 1 is 1.32 bits per heavy atom. The van der Waals surface area contributed by atoms with E-state index in [2.05, 4.69) is 21.6 Å². The zero-order valence-electron chi connectivity index (χ0n) is 13.0. The number of para-hydroxylation sites is 1. The van der Waals surface area contributed by atoms with Gasteiger partial charge in [0.15, 0.2) is 0 Å². The first-order chi connectivity index (χ1) is 10.5. The molecule has 6 nitrogen and oxygen atoms in total. The molecule has 1 aliphatic rings. The first-order valence-electron chi connectivity index (χ1n) is 7.27. The summed E-state index contributed by atoms with van der Waals surface area (Å²) >= 11 is 1.39. The molecule has 3 rings (SSSR count). The highest BCUT2D eigenvalue weighted by atomic mass is 32.2. The quantitative estimate of drug-likeness (QED) is 0.811. The average molecular weight is 317 g/mol. The molecule has 0 bridgehead atoms. The van der Waals surface area contributed by atoms with Gasteiger partial charge in [-0.05, 0) is 49.2 Å². The van der Waals surface area contributed by atoms with Crippen LogP contribution in [0.2, 0.25) is 0 Å². The molecule has 2 aromatic rings. The van der Waals surface area contributed by atoms with Gasteiger partial charge in [0, 0.05) is 12.2 Å². The molecule has 1 aromatic carbocycles. The summed E-state index contributed by atoms with van der Waals surface area (Å²) in [5.41, 5.74) is 2.07. The largest absolute Gasteiger partial charge is 0.311 e. The maximum Gasteiger partial charge on any atom is 0.237 e. The van der Waals surface area contributed by atoms with Crippen molar-refractivity contribution in [2.75, 3.05) is 17.2 Å². The molecular weight excluding hydrogens is 298 g/mol. The van der Waals surface area contributed by atoms with Crippen LogP contribution in [0.5, 0.6) is 0 Å². The molecule has 0 unspecified atom stereocenters. The van der Waals surface area contributed by atoms with Crippen molar-refractivity contribution in [1.29, 1.82) is 0 Å². The molecule has 1 amide bonds. The Bertz CT molecular complexity index is 691. The Labute approximate surface area is 133 Å².